The Hall–Kier alpha value is -2.67. The molecule has 3 rings (SSSR count). The van der Waals surface area contributed by atoms with Gasteiger partial charge in [-0.05, 0) is 48.9 Å². The van der Waals surface area contributed by atoms with Crippen molar-refractivity contribution >= 4 is 34.8 Å². The lowest BCUT2D eigenvalue weighted by Gasteiger charge is -2.34. The van der Waals surface area contributed by atoms with E-state index in [0.29, 0.717) is 29.1 Å². The zero-order chi connectivity index (χ0) is 18.5. The molecule has 0 radical (unpaired) electrons. The number of piperidine rings is 1. The highest BCUT2D eigenvalue weighted by Crippen LogP contribution is 2.23. The van der Waals surface area contributed by atoms with Gasteiger partial charge in [0, 0.05) is 12.2 Å². The molecule has 1 saturated heterocycles. The highest BCUT2D eigenvalue weighted by molar-refractivity contribution is 7.12. The largest absolute Gasteiger partial charge is 0.465 e. The molecule has 0 saturated carbocycles. The zero-order valence-corrected chi connectivity index (χ0v) is 15.3. The van der Waals surface area contributed by atoms with Crippen molar-refractivity contribution in [2.75, 3.05) is 19.0 Å². The number of carbonyl (C=O) groups excluding carboxylic acids is 3. The molecule has 1 aromatic carbocycles. The first kappa shape index (κ1) is 18.1. The van der Waals surface area contributed by atoms with Crippen LogP contribution in [0.4, 0.5) is 5.69 Å². The third kappa shape index (κ3) is 3.94. The summed E-state index contributed by atoms with van der Waals surface area (Å²) in [4.78, 5) is 39.4. The van der Waals surface area contributed by atoms with Crippen LogP contribution in [0.25, 0.3) is 0 Å². The summed E-state index contributed by atoms with van der Waals surface area (Å²) in [6.07, 6.45) is 2.41. The average molecular weight is 372 g/mol. The number of amides is 2. The molecule has 26 heavy (non-hydrogen) atoms. The average Bonchev–Trinajstić information content (AvgIpc) is 3.21. The van der Waals surface area contributed by atoms with E-state index in [0.717, 1.165) is 12.8 Å². The smallest absolute Gasteiger partial charge is 0.337 e. The molecule has 2 aromatic rings. The van der Waals surface area contributed by atoms with Crippen molar-refractivity contribution in [3.8, 4) is 0 Å². The minimum Gasteiger partial charge on any atom is -0.465 e. The molecule has 1 atom stereocenters. The van der Waals surface area contributed by atoms with E-state index in [4.69, 9.17) is 4.74 Å². The van der Waals surface area contributed by atoms with E-state index in [-0.39, 0.29) is 11.8 Å². The van der Waals surface area contributed by atoms with Crippen LogP contribution in [-0.2, 0) is 9.53 Å². The van der Waals surface area contributed by atoms with Gasteiger partial charge in [-0.3, -0.25) is 9.59 Å². The Kier molecular flexibility index (Phi) is 5.68. The Morgan fingerprint density at radius 3 is 2.77 bits per heavy atom. The van der Waals surface area contributed by atoms with Crippen LogP contribution in [-0.4, -0.2) is 42.4 Å². The van der Waals surface area contributed by atoms with Crippen molar-refractivity contribution in [1.82, 2.24) is 4.90 Å². The maximum atomic E-state index is 12.8. The van der Waals surface area contributed by atoms with Crippen LogP contribution >= 0.6 is 11.3 Å². The summed E-state index contributed by atoms with van der Waals surface area (Å²) >= 11 is 1.38. The van der Waals surface area contributed by atoms with E-state index in [9.17, 15) is 14.4 Å². The number of likely N-dealkylation sites (tertiary alicyclic amines) is 1. The standard InChI is InChI=1S/C19H20N2O4S/c1-25-19(24)13-6-4-7-14(12-13)20-17(22)15-8-2-3-10-21(15)18(23)16-9-5-11-26-16/h4-7,9,11-12,15H,2-3,8,10H2,1H3,(H,20,22)/t15-/m1/s1. The molecule has 1 aliphatic heterocycles. The SMILES string of the molecule is COC(=O)c1cccc(NC(=O)[C@H]2CCCCN2C(=O)c2cccs2)c1. The lowest BCUT2D eigenvalue weighted by Crippen LogP contribution is -2.49. The van der Waals surface area contributed by atoms with Crippen LogP contribution in [0.15, 0.2) is 41.8 Å². The molecule has 7 heteroatoms. The molecule has 2 heterocycles. The van der Waals surface area contributed by atoms with Crippen molar-refractivity contribution in [3.63, 3.8) is 0 Å². The second kappa shape index (κ2) is 8.14. The molecule has 1 N–H and O–H groups in total. The normalized spacial score (nSPS) is 16.8. The summed E-state index contributed by atoms with van der Waals surface area (Å²) in [5.74, 6) is -0.812. The number of rotatable bonds is 4. The van der Waals surface area contributed by atoms with E-state index in [1.165, 1.54) is 18.4 Å². The maximum Gasteiger partial charge on any atom is 0.337 e. The van der Waals surface area contributed by atoms with Gasteiger partial charge in [-0.1, -0.05) is 12.1 Å². The molecule has 0 bridgehead atoms. The van der Waals surface area contributed by atoms with Gasteiger partial charge in [0.1, 0.15) is 6.04 Å². The minimum atomic E-state index is -0.514. The number of benzene rings is 1. The molecular weight excluding hydrogens is 352 g/mol. The van der Waals surface area contributed by atoms with Crippen molar-refractivity contribution in [2.24, 2.45) is 0 Å². The number of anilines is 1. The van der Waals surface area contributed by atoms with Gasteiger partial charge in [-0.15, -0.1) is 11.3 Å². The quantitative estimate of drug-likeness (QED) is 0.837. The van der Waals surface area contributed by atoms with Crippen LogP contribution in [0.5, 0.6) is 0 Å². The number of carbonyl (C=O) groups is 3. The van der Waals surface area contributed by atoms with E-state index >= 15 is 0 Å². The second-order valence-electron chi connectivity index (χ2n) is 6.05. The predicted octanol–water partition coefficient (Wildman–Crippen LogP) is 3.17. The number of hydrogen-bond donors (Lipinski definition) is 1. The highest BCUT2D eigenvalue weighted by Gasteiger charge is 2.33. The highest BCUT2D eigenvalue weighted by atomic mass is 32.1. The first-order chi connectivity index (χ1) is 12.6. The summed E-state index contributed by atoms with van der Waals surface area (Å²) in [6.45, 7) is 0.566. The summed E-state index contributed by atoms with van der Waals surface area (Å²) in [7, 11) is 1.31. The van der Waals surface area contributed by atoms with Crippen molar-refractivity contribution < 1.29 is 19.1 Å². The van der Waals surface area contributed by atoms with Gasteiger partial charge in [0.2, 0.25) is 5.91 Å². The monoisotopic (exact) mass is 372 g/mol. The number of ether oxygens (including phenoxy) is 1. The molecule has 1 fully saturated rings. The van der Waals surface area contributed by atoms with Crippen molar-refractivity contribution in [3.05, 3.63) is 52.2 Å². The fourth-order valence-corrected chi connectivity index (χ4v) is 3.74. The fourth-order valence-electron chi connectivity index (χ4n) is 3.06. The van der Waals surface area contributed by atoms with E-state index < -0.39 is 12.0 Å². The number of thiophene rings is 1. The Labute approximate surface area is 155 Å². The first-order valence-corrected chi connectivity index (χ1v) is 9.32. The third-order valence-corrected chi connectivity index (χ3v) is 5.21. The summed E-state index contributed by atoms with van der Waals surface area (Å²) < 4.78 is 4.70. The first-order valence-electron chi connectivity index (χ1n) is 8.44. The number of hydrogen-bond acceptors (Lipinski definition) is 5. The topological polar surface area (TPSA) is 75.7 Å². The minimum absolute atomic E-state index is 0.108. The molecule has 136 valence electrons. The third-order valence-electron chi connectivity index (χ3n) is 4.35. The lowest BCUT2D eigenvalue weighted by molar-refractivity contribution is -0.121. The lowest BCUT2D eigenvalue weighted by atomic mass is 10.0. The van der Waals surface area contributed by atoms with Gasteiger partial charge in [0.05, 0.1) is 17.6 Å². The predicted molar refractivity (Wildman–Crippen MR) is 99.4 cm³/mol. The van der Waals surface area contributed by atoms with E-state index in [1.807, 2.05) is 11.4 Å². The molecule has 0 aliphatic carbocycles. The molecule has 1 aliphatic rings. The van der Waals surface area contributed by atoms with Gasteiger partial charge in [-0.25, -0.2) is 4.79 Å². The molecule has 0 unspecified atom stereocenters. The summed E-state index contributed by atoms with van der Waals surface area (Å²) in [6, 6.07) is 9.66. The summed E-state index contributed by atoms with van der Waals surface area (Å²) in [5, 5.41) is 4.68. The number of esters is 1. The number of methoxy groups -OCH3 is 1. The van der Waals surface area contributed by atoms with Gasteiger partial charge < -0.3 is 15.0 Å². The van der Waals surface area contributed by atoms with Gasteiger partial charge in [-0.2, -0.15) is 0 Å². The zero-order valence-electron chi connectivity index (χ0n) is 14.4. The Balaban J connectivity index is 1.75. The molecule has 1 aromatic heterocycles. The number of nitrogens with one attached hydrogen (secondary N) is 1. The van der Waals surface area contributed by atoms with Gasteiger partial charge >= 0.3 is 5.97 Å². The Morgan fingerprint density at radius 1 is 1.19 bits per heavy atom. The Morgan fingerprint density at radius 2 is 2.04 bits per heavy atom. The molecule has 2 amide bonds. The summed E-state index contributed by atoms with van der Waals surface area (Å²) in [5.41, 5.74) is 0.868. The maximum absolute atomic E-state index is 12.8. The second-order valence-corrected chi connectivity index (χ2v) is 7.00. The van der Waals surface area contributed by atoms with Crippen LogP contribution < -0.4 is 5.32 Å². The van der Waals surface area contributed by atoms with Crippen LogP contribution in [0, 0.1) is 0 Å². The van der Waals surface area contributed by atoms with E-state index in [2.05, 4.69) is 5.32 Å². The molecule has 6 nitrogen and oxygen atoms in total. The number of nitrogens with zero attached hydrogens (tertiary/aromatic N) is 1. The van der Waals surface area contributed by atoms with Crippen molar-refractivity contribution in [2.45, 2.75) is 25.3 Å². The van der Waals surface area contributed by atoms with Crippen molar-refractivity contribution in [1.29, 1.82) is 0 Å². The van der Waals surface area contributed by atoms with Crippen LogP contribution in [0.1, 0.15) is 39.3 Å². The van der Waals surface area contributed by atoms with E-state index in [1.54, 1.807) is 35.2 Å². The van der Waals surface area contributed by atoms with Crippen LogP contribution in [0.2, 0.25) is 0 Å². The van der Waals surface area contributed by atoms with Gasteiger partial charge in [0.15, 0.2) is 0 Å². The molecule has 0 spiro atoms. The van der Waals surface area contributed by atoms with Gasteiger partial charge in [0.25, 0.3) is 5.91 Å². The fraction of sp³-hybridized carbons (Fsp3) is 0.316. The van der Waals surface area contributed by atoms with Crippen LogP contribution in [0.3, 0.4) is 0 Å². The molecular formula is C19H20N2O4S. The Bertz CT molecular complexity index is 804.